The summed E-state index contributed by atoms with van der Waals surface area (Å²) in [6.45, 7) is 3.72. The minimum Gasteiger partial charge on any atom is -0.486 e. The molecule has 158 valence electrons. The van der Waals surface area contributed by atoms with Crippen molar-refractivity contribution in [2.75, 3.05) is 29.9 Å². The monoisotopic (exact) mass is 427 g/mol. The fraction of sp³-hybridized carbons (Fsp3) is 0.391. The van der Waals surface area contributed by atoms with Crippen LogP contribution in [0.4, 0.5) is 16.2 Å². The number of ether oxygens (including phenoxy) is 1. The maximum atomic E-state index is 13.3. The summed E-state index contributed by atoms with van der Waals surface area (Å²) in [5.41, 5.74) is 1.51. The van der Waals surface area contributed by atoms with Gasteiger partial charge in [0.15, 0.2) is 0 Å². The number of carbonyl (C=O) groups excluding carboxylic acids is 2. The van der Waals surface area contributed by atoms with Gasteiger partial charge in [0, 0.05) is 29.7 Å². The smallest absolute Gasteiger partial charge is 0.324 e. The van der Waals surface area contributed by atoms with E-state index in [-0.39, 0.29) is 24.0 Å². The Morgan fingerprint density at radius 1 is 1.13 bits per heavy atom. The molecule has 4 rings (SSSR count). The molecule has 1 unspecified atom stereocenters. The molecule has 0 radical (unpaired) electrons. The Morgan fingerprint density at radius 2 is 1.90 bits per heavy atom. The van der Waals surface area contributed by atoms with E-state index in [1.54, 1.807) is 12.1 Å². The zero-order valence-electron chi connectivity index (χ0n) is 17.0. The van der Waals surface area contributed by atoms with Crippen molar-refractivity contribution in [3.8, 4) is 5.75 Å². The molecule has 2 aromatic rings. The number of nitrogens with one attached hydrogen (secondary N) is 1. The molecule has 0 aliphatic carbocycles. The maximum Gasteiger partial charge on any atom is 0.324 e. The normalized spacial score (nSPS) is 19.1. The number of rotatable bonds is 3. The number of hydrogen-bond acceptors (Lipinski definition) is 3. The van der Waals surface area contributed by atoms with Crippen LogP contribution < -0.4 is 15.0 Å². The van der Waals surface area contributed by atoms with Crippen LogP contribution in [0.1, 0.15) is 26.2 Å². The number of carbonyl (C=O) groups is 2. The van der Waals surface area contributed by atoms with Gasteiger partial charge in [-0.3, -0.25) is 9.69 Å². The molecular weight excluding hydrogens is 402 g/mol. The van der Waals surface area contributed by atoms with Gasteiger partial charge in [-0.25, -0.2) is 4.79 Å². The van der Waals surface area contributed by atoms with Crippen molar-refractivity contribution in [1.82, 2.24) is 4.90 Å². The van der Waals surface area contributed by atoms with E-state index < -0.39 is 0 Å². The zero-order chi connectivity index (χ0) is 21.1. The van der Waals surface area contributed by atoms with E-state index in [1.165, 1.54) is 0 Å². The second-order valence-electron chi connectivity index (χ2n) is 7.77. The molecule has 6 nitrogen and oxygen atoms in total. The van der Waals surface area contributed by atoms with E-state index in [0.717, 1.165) is 17.9 Å². The molecule has 30 heavy (non-hydrogen) atoms. The highest BCUT2D eigenvalue weighted by atomic mass is 35.5. The third kappa shape index (κ3) is 4.38. The van der Waals surface area contributed by atoms with Gasteiger partial charge in [-0.2, -0.15) is 0 Å². The summed E-state index contributed by atoms with van der Waals surface area (Å²) in [7, 11) is 0. The standard InChI is InChI=1S/C23H26ClN3O3/c1-2-19-15-27(20-8-3-4-9-21(20)30-19)23(29)26-12-10-16(11-13-26)22(28)25-18-7-5-6-17(24)14-18/h3-9,14,16,19H,2,10-13,15H2,1H3,(H,25,28). The number of amides is 3. The SMILES string of the molecule is CCC1CN(C(=O)N2CCC(C(=O)Nc3cccc(Cl)c3)CC2)c2ccccc2O1. The molecule has 2 heterocycles. The van der Waals surface area contributed by atoms with Crippen LogP contribution in [0.2, 0.25) is 5.02 Å². The summed E-state index contributed by atoms with van der Waals surface area (Å²) in [5, 5.41) is 3.52. The summed E-state index contributed by atoms with van der Waals surface area (Å²) in [6, 6.07) is 14.8. The predicted octanol–water partition coefficient (Wildman–Crippen LogP) is 4.79. The van der Waals surface area contributed by atoms with Crippen molar-refractivity contribution in [3.63, 3.8) is 0 Å². The van der Waals surface area contributed by atoms with Gasteiger partial charge in [0.2, 0.25) is 5.91 Å². The second kappa shape index (κ2) is 8.96. The number of para-hydroxylation sites is 2. The van der Waals surface area contributed by atoms with Crippen molar-refractivity contribution >= 4 is 34.9 Å². The van der Waals surface area contributed by atoms with Crippen LogP contribution in [0.3, 0.4) is 0 Å². The average molecular weight is 428 g/mol. The van der Waals surface area contributed by atoms with Crippen LogP contribution in [-0.2, 0) is 4.79 Å². The Labute approximate surface area is 181 Å². The number of anilines is 2. The van der Waals surface area contributed by atoms with Gasteiger partial charge >= 0.3 is 6.03 Å². The van der Waals surface area contributed by atoms with E-state index in [1.807, 2.05) is 46.2 Å². The number of fused-ring (bicyclic) bond motifs is 1. The molecule has 0 bridgehead atoms. The lowest BCUT2D eigenvalue weighted by Gasteiger charge is -2.39. The minimum absolute atomic E-state index is 0.00939. The number of benzene rings is 2. The van der Waals surface area contributed by atoms with Crippen molar-refractivity contribution in [2.24, 2.45) is 5.92 Å². The molecule has 0 aromatic heterocycles. The van der Waals surface area contributed by atoms with E-state index >= 15 is 0 Å². The number of hydrogen-bond donors (Lipinski definition) is 1. The van der Waals surface area contributed by atoms with Crippen LogP contribution >= 0.6 is 11.6 Å². The number of halogens is 1. The third-order valence-corrected chi connectivity index (χ3v) is 5.99. The van der Waals surface area contributed by atoms with E-state index in [2.05, 4.69) is 12.2 Å². The Bertz CT molecular complexity index is 927. The number of piperidine rings is 1. The molecule has 1 fully saturated rings. The maximum absolute atomic E-state index is 13.3. The lowest BCUT2D eigenvalue weighted by Crippen LogP contribution is -2.52. The van der Waals surface area contributed by atoms with E-state index in [0.29, 0.717) is 43.2 Å². The first kappa shape index (κ1) is 20.5. The molecule has 1 N–H and O–H groups in total. The largest absolute Gasteiger partial charge is 0.486 e. The molecule has 0 spiro atoms. The first-order valence-corrected chi connectivity index (χ1v) is 10.8. The van der Waals surface area contributed by atoms with Crippen molar-refractivity contribution in [3.05, 3.63) is 53.6 Å². The van der Waals surface area contributed by atoms with Crippen molar-refractivity contribution in [2.45, 2.75) is 32.3 Å². The van der Waals surface area contributed by atoms with Crippen LogP contribution in [-0.4, -0.2) is 42.6 Å². The number of urea groups is 1. The van der Waals surface area contributed by atoms with Gasteiger partial charge in [0.1, 0.15) is 11.9 Å². The zero-order valence-corrected chi connectivity index (χ0v) is 17.8. The topological polar surface area (TPSA) is 61.9 Å². The van der Waals surface area contributed by atoms with Gasteiger partial charge in [-0.1, -0.05) is 36.7 Å². The highest BCUT2D eigenvalue weighted by Gasteiger charge is 2.34. The van der Waals surface area contributed by atoms with Crippen LogP contribution in [0, 0.1) is 5.92 Å². The molecule has 2 aliphatic heterocycles. The predicted molar refractivity (Wildman–Crippen MR) is 118 cm³/mol. The Kier molecular flexibility index (Phi) is 6.13. The van der Waals surface area contributed by atoms with Gasteiger partial charge in [-0.05, 0) is 49.6 Å². The summed E-state index contributed by atoms with van der Waals surface area (Å²) in [4.78, 5) is 29.5. The van der Waals surface area contributed by atoms with Crippen LogP contribution in [0.15, 0.2) is 48.5 Å². The molecule has 2 aliphatic rings. The van der Waals surface area contributed by atoms with Gasteiger partial charge in [0.25, 0.3) is 0 Å². The van der Waals surface area contributed by atoms with E-state index in [4.69, 9.17) is 16.3 Å². The minimum atomic E-state index is -0.117. The number of nitrogens with zero attached hydrogens (tertiary/aromatic N) is 2. The molecular formula is C23H26ClN3O3. The Hall–Kier alpha value is -2.73. The lowest BCUT2D eigenvalue weighted by atomic mass is 9.96. The van der Waals surface area contributed by atoms with Crippen molar-refractivity contribution < 1.29 is 14.3 Å². The fourth-order valence-corrected chi connectivity index (χ4v) is 4.20. The molecule has 1 saturated heterocycles. The van der Waals surface area contributed by atoms with Gasteiger partial charge in [-0.15, -0.1) is 0 Å². The second-order valence-corrected chi connectivity index (χ2v) is 8.21. The molecule has 3 amide bonds. The average Bonchev–Trinajstić information content (AvgIpc) is 2.78. The highest BCUT2D eigenvalue weighted by Crippen LogP contribution is 2.35. The lowest BCUT2D eigenvalue weighted by molar-refractivity contribution is -0.121. The fourth-order valence-electron chi connectivity index (χ4n) is 4.01. The molecule has 1 atom stereocenters. The summed E-state index contributed by atoms with van der Waals surface area (Å²) < 4.78 is 5.99. The highest BCUT2D eigenvalue weighted by molar-refractivity contribution is 6.30. The third-order valence-electron chi connectivity index (χ3n) is 5.75. The summed E-state index contributed by atoms with van der Waals surface area (Å²) >= 11 is 5.99. The quantitative estimate of drug-likeness (QED) is 0.766. The summed E-state index contributed by atoms with van der Waals surface area (Å²) in [5.74, 6) is 0.611. The summed E-state index contributed by atoms with van der Waals surface area (Å²) in [6.07, 6.45) is 2.11. The molecule has 2 aromatic carbocycles. The molecule has 0 saturated carbocycles. The molecule has 7 heteroatoms. The van der Waals surface area contributed by atoms with Crippen molar-refractivity contribution in [1.29, 1.82) is 0 Å². The van der Waals surface area contributed by atoms with E-state index in [9.17, 15) is 9.59 Å². The Morgan fingerprint density at radius 3 is 2.63 bits per heavy atom. The first-order valence-electron chi connectivity index (χ1n) is 10.4. The number of likely N-dealkylation sites (tertiary alicyclic amines) is 1. The first-order chi connectivity index (χ1) is 14.5. The van der Waals surface area contributed by atoms with Crippen LogP contribution in [0.25, 0.3) is 0 Å². The van der Waals surface area contributed by atoms with Crippen LogP contribution in [0.5, 0.6) is 5.75 Å². The van der Waals surface area contributed by atoms with Gasteiger partial charge in [0.05, 0.1) is 12.2 Å². The Balaban J connectivity index is 1.38. The van der Waals surface area contributed by atoms with Gasteiger partial charge < -0.3 is 15.0 Å².